The molecule has 1 aliphatic heterocycles. The van der Waals surface area contributed by atoms with Crippen molar-refractivity contribution in [3.05, 3.63) is 18.0 Å². The summed E-state index contributed by atoms with van der Waals surface area (Å²) in [6.07, 6.45) is 1.96. The van der Waals surface area contributed by atoms with Gasteiger partial charge in [0, 0.05) is 25.4 Å². The van der Waals surface area contributed by atoms with Gasteiger partial charge in [-0.2, -0.15) is 13.9 Å². The highest BCUT2D eigenvalue weighted by molar-refractivity contribution is 5.80. The van der Waals surface area contributed by atoms with Crippen LogP contribution in [0, 0.1) is 0 Å². The van der Waals surface area contributed by atoms with Gasteiger partial charge in [-0.15, -0.1) is 0 Å². The third-order valence-corrected chi connectivity index (χ3v) is 2.83. The van der Waals surface area contributed by atoms with E-state index in [0.717, 1.165) is 18.4 Å². The zero-order valence-corrected chi connectivity index (χ0v) is 8.94. The Morgan fingerprint density at radius 1 is 1.62 bits per heavy atom. The lowest BCUT2D eigenvalue weighted by Crippen LogP contribution is -2.34. The summed E-state index contributed by atoms with van der Waals surface area (Å²) in [5, 5.41) is 3.99. The molecule has 6 heteroatoms. The van der Waals surface area contributed by atoms with Crippen LogP contribution in [-0.2, 0) is 11.8 Å². The zero-order chi connectivity index (χ0) is 11.7. The van der Waals surface area contributed by atoms with Crippen molar-refractivity contribution in [3.63, 3.8) is 0 Å². The van der Waals surface area contributed by atoms with Gasteiger partial charge >= 0.3 is 6.43 Å². The molecule has 0 bridgehead atoms. The molecule has 16 heavy (non-hydrogen) atoms. The predicted molar refractivity (Wildman–Crippen MR) is 52.9 cm³/mol. The summed E-state index contributed by atoms with van der Waals surface area (Å²) >= 11 is 0. The summed E-state index contributed by atoms with van der Waals surface area (Å²) in [7, 11) is 1.76. The third-order valence-electron chi connectivity index (χ3n) is 2.83. The second kappa shape index (κ2) is 4.19. The first-order chi connectivity index (χ1) is 7.59. The van der Waals surface area contributed by atoms with Gasteiger partial charge in [0.1, 0.15) is 0 Å². The number of rotatable bonds is 2. The molecule has 2 heterocycles. The van der Waals surface area contributed by atoms with Crippen LogP contribution >= 0.6 is 0 Å². The minimum atomic E-state index is -2.92. The molecule has 0 spiro atoms. The number of hydrogen-bond acceptors (Lipinski definition) is 2. The van der Waals surface area contributed by atoms with Crippen LogP contribution in [0.5, 0.6) is 0 Å². The minimum absolute atomic E-state index is 0.241. The summed E-state index contributed by atoms with van der Waals surface area (Å²) in [4.78, 5) is 12.5. The summed E-state index contributed by atoms with van der Waals surface area (Å²) in [6, 6.07) is -0.241. The number of amides is 1. The van der Waals surface area contributed by atoms with Gasteiger partial charge in [0.2, 0.25) is 0 Å². The molecule has 1 atom stereocenters. The van der Waals surface area contributed by atoms with Crippen molar-refractivity contribution >= 4 is 5.91 Å². The van der Waals surface area contributed by atoms with E-state index in [1.165, 1.54) is 4.90 Å². The largest absolute Gasteiger partial charge is 0.331 e. The molecule has 1 aromatic heterocycles. The minimum Gasteiger partial charge on any atom is -0.331 e. The van der Waals surface area contributed by atoms with E-state index in [4.69, 9.17) is 0 Å². The fraction of sp³-hybridized carbons (Fsp3) is 0.600. The molecular weight excluding hydrogens is 216 g/mol. The van der Waals surface area contributed by atoms with Crippen molar-refractivity contribution < 1.29 is 13.6 Å². The lowest BCUT2D eigenvalue weighted by Gasteiger charge is -2.23. The molecule has 1 aliphatic rings. The Bertz CT molecular complexity index is 391. The predicted octanol–water partition coefficient (Wildman–Crippen LogP) is 1.35. The van der Waals surface area contributed by atoms with Crippen LogP contribution in [0.3, 0.4) is 0 Å². The maximum Gasteiger partial charge on any atom is 0.315 e. The molecule has 1 aromatic rings. The second-order valence-electron chi connectivity index (χ2n) is 3.94. The highest BCUT2D eigenvalue weighted by atomic mass is 19.3. The number of nitrogens with zero attached hydrogens (tertiary/aromatic N) is 3. The number of aryl methyl sites for hydroxylation is 1. The second-order valence-corrected chi connectivity index (χ2v) is 3.94. The lowest BCUT2D eigenvalue weighted by molar-refractivity contribution is -0.143. The SMILES string of the molecule is Cn1cc([C@H]2CCCN2C(=O)C(F)F)cn1. The fourth-order valence-electron chi connectivity index (χ4n) is 2.11. The van der Waals surface area contributed by atoms with E-state index in [0.29, 0.717) is 6.54 Å². The van der Waals surface area contributed by atoms with Crippen LogP contribution in [0.15, 0.2) is 12.4 Å². The number of carbonyl (C=O) groups excluding carboxylic acids is 1. The van der Waals surface area contributed by atoms with Gasteiger partial charge in [0.15, 0.2) is 0 Å². The number of carbonyl (C=O) groups is 1. The van der Waals surface area contributed by atoms with Crippen LogP contribution in [0.25, 0.3) is 0 Å². The van der Waals surface area contributed by atoms with Crippen molar-refractivity contribution in [1.82, 2.24) is 14.7 Å². The molecular formula is C10H13F2N3O. The maximum absolute atomic E-state index is 12.4. The van der Waals surface area contributed by atoms with Gasteiger partial charge in [0.25, 0.3) is 5.91 Å². The van der Waals surface area contributed by atoms with Gasteiger partial charge < -0.3 is 4.90 Å². The molecule has 1 saturated heterocycles. The molecule has 4 nitrogen and oxygen atoms in total. The van der Waals surface area contributed by atoms with Crippen LogP contribution < -0.4 is 0 Å². The van der Waals surface area contributed by atoms with E-state index >= 15 is 0 Å². The summed E-state index contributed by atoms with van der Waals surface area (Å²) in [5.74, 6) is -1.08. The van der Waals surface area contributed by atoms with E-state index < -0.39 is 12.3 Å². The highest BCUT2D eigenvalue weighted by Gasteiger charge is 2.34. The van der Waals surface area contributed by atoms with Crippen molar-refractivity contribution in [1.29, 1.82) is 0 Å². The molecule has 0 unspecified atom stereocenters. The van der Waals surface area contributed by atoms with Crippen LogP contribution in [0.4, 0.5) is 8.78 Å². The average molecular weight is 229 g/mol. The molecule has 0 aromatic carbocycles. The van der Waals surface area contributed by atoms with Crippen LogP contribution in [0.1, 0.15) is 24.4 Å². The molecule has 0 N–H and O–H groups in total. The Labute approximate surface area is 91.8 Å². The lowest BCUT2D eigenvalue weighted by atomic mass is 10.1. The summed E-state index contributed by atoms with van der Waals surface area (Å²) in [5.41, 5.74) is 0.828. The molecule has 0 saturated carbocycles. The average Bonchev–Trinajstić information content (AvgIpc) is 2.83. The Balaban J connectivity index is 2.18. The molecule has 0 radical (unpaired) electrons. The van der Waals surface area contributed by atoms with Gasteiger partial charge in [-0.1, -0.05) is 0 Å². The Morgan fingerprint density at radius 2 is 2.38 bits per heavy atom. The number of halogens is 2. The van der Waals surface area contributed by atoms with E-state index in [2.05, 4.69) is 5.10 Å². The number of aromatic nitrogens is 2. The van der Waals surface area contributed by atoms with Crippen LogP contribution in [0.2, 0.25) is 0 Å². The third kappa shape index (κ3) is 1.91. The van der Waals surface area contributed by atoms with Crippen LogP contribution in [-0.4, -0.2) is 33.6 Å². The number of hydrogen-bond donors (Lipinski definition) is 0. The van der Waals surface area contributed by atoms with Gasteiger partial charge in [-0.05, 0) is 12.8 Å². The molecule has 1 fully saturated rings. The highest BCUT2D eigenvalue weighted by Crippen LogP contribution is 2.32. The monoisotopic (exact) mass is 229 g/mol. The maximum atomic E-state index is 12.4. The van der Waals surface area contributed by atoms with Gasteiger partial charge in [-0.25, -0.2) is 0 Å². The van der Waals surface area contributed by atoms with Crippen molar-refractivity contribution in [3.8, 4) is 0 Å². The Hall–Kier alpha value is -1.46. The summed E-state index contributed by atoms with van der Waals surface area (Å²) in [6.45, 7) is 0.405. The molecule has 88 valence electrons. The quantitative estimate of drug-likeness (QED) is 0.767. The molecule has 0 aliphatic carbocycles. The first-order valence-corrected chi connectivity index (χ1v) is 5.17. The van der Waals surface area contributed by atoms with E-state index in [9.17, 15) is 13.6 Å². The molecule has 1 amide bonds. The van der Waals surface area contributed by atoms with Gasteiger partial charge in [0.05, 0.1) is 12.2 Å². The van der Waals surface area contributed by atoms with E-state index in [1.807, 2.05) is 0 Å². The smallest absolute Gasteiger partial charge is 0.315 e. The zero-order valence-electron chi connectivity index (χ0n) is 8.94. The van der Waals surface area contributed by atoms with Crippen molar-refractivity contribution in [2.45, 2.75) is 25.3 Å². The normalized spacial score (nSPS) is 20.8. The fourth-order valence-corrected chi connectivity index (χ4v) is 2.11. The summed E-state index contributed by atoms with van der Waals surface area (Å²) < 4.78 is 26.3. The van der Waals surface area contributed by atoms with Gasteiger partial charge in [-0.3, -0.25) is 9.48 Å². The Kier molecular flexibility index (Phi) is 2.89. The van der Waals surface area contributed by atoms with Crippen molar-refractivity contribution in [2.75, 3.05) is 6.54 Å². The van der Waals surface area contributed by atoms with E-state index in [-0.39, 0.29) is 6.04 Å². The first kappa shape index (κ1) is 11.0. The molecule has 2 rings (SSSR count). The van der Waals surface area contributed by atoms with Crippen molar-refractivity contribution in [2.24, 2.45) is 7.05 Å². The van der Waals surface area contributed by atoms with E-state index in [1.54, 1.807) is 24.1 Å². The number of alkyl halides is 2. The Morgan fingerprint density at radius 3 is 2.94 bits per heavy atom. The number of likely N-dealkylation sites (tertiary alicyclic amines) is 1. The standard InChI is InChI=1S/C10H13F2N3O/c1-14-6-7(5-13-14)8-3-2-4-15(8)10(16)9(11)12/h5-6,8-9H,2-4H2,1H3/t8-/m1/s1. The topological polar surface area (TPSA) is 38.1 Å². The first-order valence-electron chi connectivity index (χ1n) is 5.17.